The van der Waals surface area contributed by atoms with Crippen molar-refractivity contribution in [3.63, 3.8) is 0 Å². The van der Waals surface area contributed by atoms with Gasteiger partial charge >= 0.3 is 0 Å². The summed E-state index contributed by atoms with van der Waals surface area (Å²) in [6, 6.07) is 26.1. The summed E-state index contributed by atoms with van der Waals surface area (Å²) in [5.41, 5.74) is 11.9. The molecule has 12 rings (SSSR count). The van der Waals surface area contributed by atoms with Gasteiger partial charge in [0.2, 0.25) is 0 Å². The van der Waals surface area contributed by atoms with Crippen LogP contribution in [0.3, 0.4) is 0 Å². The minimum absolute atomic E-state index is 0. The number of nitrogens with zero attached hydrogens (tertiary/aromatic N) is 9. The van der Waals surface area contributed by atoms with E-state index in [9.17, 15) is 34.7 Å². The summed E-state index contributed by atoms with van der Waals surface area (Å²) in [6.07, 6.45) is 26.1. The Balaban J connectivity index is 0.000000169. The standard InChI is InChI=1S/C17H21N3O2.C17H23N3.C12H13BrN2O2.C6H3BrFNO2.C6H11N.C5H9N.Zn/c1-18(2)11-3-4-13-12-16(9-10-17(13)20(21)22)19-14-5-6-15(19)8-7-14;1-19(2)11-3-4-13-12-16(9-10-17(13)18)20-14-5-6-15(20)8-7-14;13-11-7-10(5-6-12(11)15(16)17)14-8-1-2-9(14)4-3-8;7-5-3-4(8)1-2-6(5)9(10)11;1-2-6-4-3-5(1)7-6;1-4-5-6(2)3;/h9-10,12,14-15H,5-8,11H2,1-2H3;9-10,12,14-15H,5-8,11,18H2,1-2H3;5-9H,1-4H2;1-3H;5-7H,1-4H2;1H,5H2,2-3H3;. The molecule has 0 aromatic heterocycles. The van der Waals surface area contributed by atoms with Gasteiger partial charge in [-0.25, -0.2) is 4.39 Å². The summed E-state index contributed by atoms with van der Waals surface area (Å²) in [4.78, 5) is 44.3. The predicted octanol–water partition coefficient (Wildman–Crippen LogP) is 12.0. The van der Waals surface area contributed by atoms with E-state index in [-0.39, 0.29) is 50.9 Å². The van der Waals surface area contributed by atoms with Gasteiger partial charge in [-0.05, 0) is 231 Å². The number of rotatable bonds is 9. The van der Waals surface area contributed by atoms with Gasteiger partial charge in [0.05, 0.1) is 43.3 Å². The molecule has 4 aromatic carbocycles. The molecule has 4 aromatic rings. The number of anilines is 4. The van der Waals surface area contributed by atoms with Crippen molar-refractivity contribution in [1.82, 2.24) is 20.0 Å². The molecule has 0 unspecified atom stereocenters. The van der Waals surface area contributed by atoms with Gasteiger partial charge in [0.25, 0.3) is 17.1 Å². The third-order valence-corrected chi connectivity index (χ3v) is 17.8. The molecule has 0 radical (unpaired) electrons. The van der Waals surface area contributed by atoms with Crippen LogP contribution in [0.1, 0.15) is 114 Å². The van der Waals surface area contributed by atoms with Crippen molar-refractivity contribution in [3.05, 3.63) is 129 Å². The van der Waals surface area contributed by atoms with E-state index in [0.717, 1.165) is 78.1 Å². The Morgan fingerprint density at radius 1 is 0.524 bits per heavy atom. The monoisotopic (exact) mass is 1330 g/mol. The molecule has 8 aliphatic rings. The fraction of sp³-hybridized carbons (Fsp3) is 0.524. The van der Waals surface area contributed by atoms with Crippen LogP contribution in [0.4, 0.5) is 44.2 Å². The zero-order valence-corrected chi connectivity index (χ0v) is 55.6. The van der Waals surface area contributed by atoms with Gasteiger partial charge < -0.3 is 25.8 Å². The fourth-order valence-electron chi connectivity index (χ4n) is 12.7. The molecule has 8 saturated heterocycles. The molecular formula is C63H80Br2FN11O6Zn. The van der Waals surface area contributed by atoms with Crippen molar-refractivity contribution in [2.24, 2.45) is 0 Å². The second kappa shape index (κ2) is 32.2. The Kier molecular flexibility index (Phi) is 25.8. The second-order valence-electron chi connectivity index (χ2n) is 23.3. The van der Waals surface area contributed by atoms with E-state index in [1.165, 1.54) is 108 Å². The minimum atomic E-state index is -0.580. The van der Waals surface area contributed by atoms with E-state index >= 15 is 0 Å². The molecule has 8 fully saturated rings. The maximum Gasteiger partial charge on any atom is 0.285 e. The zero-order chi connectivity index (χ0) is 59.9. The molecule has 21 heteroatoms. The number of nitrogens with one attached hydrogen (secondary N) is 1. The maximum absolute atomic E-state index is 12.4. The molecular weight excluding hydrogens is 1250 g/mol. The summed E-state index contributed by atoms with van der Waals surface area (Å²) in [5, 5.41) is 35.7. The summed E-state index contributed by atoms with van der Waals surface area (Å²) in [6.45, 7) is 2.09. The number of nitro benzene ring substituents is 3. The van der Waals surface area contributed by atoms with Crippen LogP contribution >= 0.6 is 31.9 Å². The molecule has 446 valence electrons. The Labute approximate surface area is 525 Å². The molecule has 84 heavy (non-hydrogen) atoms. The number of benzene rings is 4. The summed E-state index contributed by atoms with van der Waals surface area (Å²) >= 11 is 6.15. The molecule has 8 aliphatic heterocycles. The van der Waals surface area contributed by atoms with E-state index in [1.807, 2.05) is 82.4 Å². The quantitative estimate of drug-likeness (QED) is 0.0530. The first-order valence-electron chi connectivity index (χ1n) is 28.9. The smallest absolute Gasteiger partial charge is 0.285 e. The van der Waals surface area contributed by atoms with Crippen LogP contribution in [0.5, 0.6) is 0 Å². The third-order valence-electron chi connectivity index (χ3n) is 16.5. The number of nitrogen functional groups attached to an aromatic ring is 1. The van der Waals surface area contributed by atoms with Gasteiger partial charge in [0.1, 0.15) is 11.4 Å². The van der Waals surface area contributed by atoms with Crippen LogP contribution in [0.2, 0.25) is 0 Å². The molecule has 17 nitrogen and oxygen atoms in total. The number of nitrogens with two attached hydrogens (primary N) is 1. The first kappa shape index (κ1) is 67.4. The minimum Gasteiger partial charge on any atom is -0.398 e. The Morgan fingerprint density at radius 2 is 0.857 bits per heavy atom. The topological polar surface area (TPSA) is 187 Å². The summed E-state index contributed by atoms with van der Waals surface area (Å²) in [5.74, 6) is 14.4. The first-order chi connectivity index (χ1) is 39.7. The zero-order valence-electron chi connectivity index (χ0n) is 49.5. The van der Waals surface area contributed by atoms with Crippen LogP contribution in [0.15, 0.2) is 81.7 Å². The number of fused-ring (bicyclic) bond motifs is 8. The van der Waals surface area contributed by atoms with E-state index in [4.69, 9.17) is 12.2 Å². The molecule has 0 aliphatic carbocycles. The molecule has 8 heterocycles. The van der Waals surface area contributed by atoms with Gasteiger partial charge in [-0.3, -0.25) is 45.0 Å². The number of nitro groups is 3. The number of terminal acetylenes is 1. The van der Waals surface area contributed by atoms with Gasteiger partial charge in [-0.15, -0.1) is 6.42 Å². The molecule has 0 atom stereocenters. The molecule has 0 saturated carbocycles. The molecule has 3 N–H and O–H groups in total. The van der Waals surface area contributed by atoms with Gasteiger partial charge in [-0.2, -0.15) is 0 Å². The summed E-state index contributed by atoms with van der Waals surface area (Å²) < 4.78 is 13.1. The van der Waals surface area contributed by atoms with Crippen LogP contribution in [0, 0.1) is 72.2 Å². The Bertz CT molecular complexity index is 3010. The van der Waals surface area contributed by atoms with Crippen LogP contribution < -0.4 is 25.8 Å². The predicted molar refractivity (Wildman–Crippen MR) is 339 cm³/mol. The number of hydrogen-bond donors (Lipinski definition) is 2. The molecule has 0 spiro atoms. The van der Waals surface area contributed by atoms with E-state index in [1.54, 1.807) is 12.1 Å². The van der Waals surface area contributed by atoms with Gasteiger partial charge in [-0.1, -0.05) is 29.6 Å². The van der Waals surface area contributed by atoms with Crippen molar-refractivity contribution >= 4 is 71.7 Å². The van der Waals surface area contributed by atoms with Gasteiger partial charge in [0.15, 0.2) is 0 Å². The fourth-order valence-corrected chi connectivity index (χ4v) is 13.7. The van der Waals surface area contributed by atoms with Crippen molar-refractivity contribution in [1.29, 1.82) is 0 Å². The average molecular weight is 1330 g/mol. The first-order valence-corrected chi connectivity index (χ1v) is 30.5. The second-order valence-corrected chi connectivity index (χ2v) is 25.0. The average Bonchev–Trinajstić information content (AvgIpc) is 4.49. The number of hydrogen-bond acceptors (Lipinski definition) is 14. The molecule has 8 bridgehead atoms. The van der Waals surface area contributed by atoms with Crippen LogP contribution in [-0.2, 0) is 19.5 Å². The van der Waals surface area contributed by atoms with Gasteiger partial charge in [0, 0.05) is 114 Å². The van der Waals surface area contributed by atoms with Crippen LogP contribution in [0.25, 0.3) is 0 Å². The third kappa shape index (κ3) is 18.4. The number of halogens is 3. The van der Waals surface area contributed by atoms with E-state index in [2.05, 4.69) is 98.5 Å². The van der Waals surface area contributed by atoms with Crippen molar-refractivity contribution < 1.29 is 38.6 Å². The summed E-state index contributed by atoms with van der Waals surface area (Å²) in [7, 11) is 11.8. The van der Waals surface area contributed by atoms with E-state index < -0.39 is 10.7 Å². The maximum atomic E-state index is 12.4. The normalized spacial score (nSPS) is 22.9. The Hall–Kier alpha value is -5.69. The van der Waals surface area contributed by atoms with Crippen molar-refractivity contribution in [2.45, 2.75) is 151 Å². The van der Waals surface area contributed by atoms with Crippen LogP contribution in [-0.4, -0.2) is 140 Å². The van der Waals surface area contributed by atoms with Crippen molar-refractivity contribution in [3.8, 4) is 36.0 Å². The van der Waals surface area contributed by atoms with Crippen molar-refractivity contribution in [2.75, 3.05) is 82.4 Å². The SMILES string of the molecule is C#CCN(C)C.C1CC2CCC1N2.CN(C)CC#Cc1cc(N2C3CCC2CC3)ccc1N.CN(C)CC#Cc1cc(N2C3CCC2CC3)ccc1[N+](=O)[O-].O=[N+]([O-])c1ccc(F)cc1Br.O=[N+]([O-])c1ccc(N2C3CCC2CC3)cc1Br.[Zn]. The Morgan fingerprint density at radius 3 is 1.18 bits per heavy atom. The molecule has 0 amide bonds. The largest absolute Gasteiger partial charge is 0.398 e. The van der Waals surface area contributed by atoms with E-state index in [0.29, 0.717) is 40.7 Å².